The van der Waals surface area contributed by atoms with Crippen molar-refractivity contribution in [3.05, 3.63) is 70.5 Å². The van der Waals surface area contributed by atoms with E-state index in [9.17, 15) is 4.79 Å². The van der Waals surface area contributed by atoms with E-state index in [0.717, 1.165) is 51.3 Å². The van der Waals surface area contributed by atoms with E-state index in [1.807, 2.05) is 48.2 Å². The lowest BCUT2D eigenvalue weighted by atomic mass is 10.1. The van der Waals surface area contributed by atoms with Crippen LogP contribution < -0.4 is 4.90 Å². The van der Waals surface area contributed by atoms with Gasteiger partial charge < -0.3 is 14.8 Å². The van der Waals surface area contributed by atoms with E-state index in [2.05, 4.69) is 28.9 Å². The summed E-state index contributed by atoms with van der Waals surface area (Å²) in [6, 6.07) is 16.1. The predicted octanol–water partition coefficient (Wildman–Crippen LogP) is 4.95. The van der Waals surface area contributed by atoms with Crippen LogP contribution in [0.15, 0.2) is 48.5 Å². The molecule has 0 saturated carbocycles. The second kappa shape index (κ2) is 7.33. The van der Waals surface area contributed by atoms with E-state index < -0.39 is 0 Å². The molecule has 0 radical (unpaired) electrons. The number of amides is 1. The minimum atomic E-state index is -0.00512. The summed E-state index contributed by atoms with van der Waals surface area (Å²) >= 11 is 6.18. The van der Waals surface area contributed by atoms with Crippen LogP contribution in [0.1, 0.15) is 21.7 Å². The normalized spacial score (nSPS) is 14.6. The fourth-order valence-corrected chi connectivity index (χ4v) is 4.40. The molecule has 0 aliphatic carbocycles. The van der Waals surface area contributed by atoms with Gasteiger partial charge in [-0.3, -0.25) is 4.79 Å². The maximum Gasteiger partial charge on any atom is 0.272 e. The summed E-state index contributed by atoms with van der Waals surface area (Å²) in [6.45, 7) is 7.01. The monoisotopic (exact) mass is 418 g/mol. The third-order valence-corrected chi connectivity index (χ3v) is 6.13. The van der Waals surface area contributed by atoms with Crippen molar-refractivity contribution in [2.75, 3.05) is 31.1 Å². The fraction of sp³-hybridized carbons (Fsp3) is 0.250. The second-order valence-electron chi connectivity index (χ2n) is 7.96. The lowest BCUT2D eigenvalue weighted by Crippen LogP contribution is -2.49. The van der Waals surface area contributed by atoms with Gasteiger partial charge in [0.1, 0.15) is 5.69 Å². The molecule has 0 spiro atoms. The number of carbonyl (C=O) groups is 1. The molecule has 1 fully saturated rings. The molecule has 0 unspecified atom stereocenters. The number of fused-ring (bicyclic) bond motifs is 3. The van der Waals surface area contributed by atoms with Crippen LogP contribution in [0.25, 0.3) is 21.8 Å². The van der Waals surface area contributed by atoms with Crippen molar-refractivity contribution in [2.45, 2.75) is 13.8 Å². The van der Waals surface area contributed by atoms with Gasteiger partial charge in [-0.2, -0.15) is 0 Å². The van der Waals surface area contributed by atoms with Crippen LogP contribution in [0, 0.1) is 13.8 Å². The van der Waals surface area contributed by atoms with E-state index in [0.29, 0.717) is 18.8 Å². The van der Waals surface area contributed by atoms with Crippen molar-refractivity contribution in [1.82, 2.24) is 14.9 Å². The van der Waals surface area contributed by atoms with Gasteiger partial charge >= 0.3 is 0 Å². The highest BCUT2D eigenvalue weighted by atomic mass is 35.5. The number of H-pyrrole nitrogens is 1. The smallest absolute Gasteiger partial charge is 0.272 e. The Labute approximate surface area is 180 Å². The lowest BCUT2D eigenvalue weighted by molar-refractivity contribution is 0.0742. The molecule has 2 aromatic carbocycles. The number of nitrogens with zero attached hydrogens (tertiary/aromatic N) is 3. The SMILES string of the molecule is Cc1ccc2ccc3cc(C(=O)N4CCN(c5cc(Cl)ccc5C)CC4)nc3c2[nH]1. The zero-order valence-electron chi connectivity index (χ0n) is 17.1. The average molecular weight is 419 g/mol. The molecule has 1 aliphatic heterocycles. The Bertz CT molecular complexity index is 1270. The number of aryl methyl sites for hydroxylation is 2. The number of aromatic nitrogens is 2. The van der Waals surface area contributed by atoms with Gasteiger partial charge in [-0.1, -0.05) is 35.9 Å². The van der Waals surface area contributed by atoms with Crippen molar-refractivity contribution in [1.29, 1.82) is 0 Å². The first-order chi connectivity index (χ1) is 14.5. The van der Waals surface area contributed by atoms with Gasteiger partial charge in [0.05, 0.1) is 11.0 Å². The molecular weight excluding hydrogens is 396 g/mol. The van der Waals surface area contributed by atoms with Crippen LogP contribution in [-0.2, 0) is 0 Å². The number of nitrogens with one attached hydrogen (secondary N) is 1. The summed E-state index contributed by atoms with van der Waals surface area (Å²) < 4.78 is 0. The summed E-state index contributed by atoms with van der Waals surface area (Å²) in [5, 5.41) is 2.82. The van der Waals surface area contributed by atoms with Crippen molar-refractivity contribution < 1.29 is 4.79 Å². The van der Waals surface area contributed by atoms with Crippen LogP contribution in [0.2, 0.25) is 5.02 Å². The van der Waals surface area contributed by atoms with E-state index in [1.54, 1.807) is 0 Å². The fourth-order valence-electron chi connectivity index (χ4n) is 4.23. The Morgan fingerprint density at radius 1 is 0.967 bits per heavy atom. The average Bonchev–Trinajstić information content (AvgIpc) is 3.20. The molecule has 5 nitrogen and oxygen atoms in total. The molecule has 5 rings (SSSR count). The first-order valence-corrected chi connectivity index (χ1v) is 10.6. The number of carbonyl (C=O) groups excluding carboxylic acids is 1. The Hall–Kier alpha value is -3.05. The molecule has 30 heavy (non-hydrogen) atoms. The molecule has 1 N–H and O–H groups in total. The molecule has 0 bridgehead atoms. The summed E-state index contributed by atoms with van der Waals surface area (Å²) in [4.78, 5) is 25.4. The Balaban J connectivity index is 1.38. The van der Waals surface area contributed by atoms with Gasteiger partial charge in [0.15, 0.2) is 0 Å². The van der Waals surface area contributed by atoms with E-state index in [4.69, 9.17) is 16.6 Å². The van der Waals surface area contributed by atoms with Crippen molar-refractivity contribution >= 4 is 45.0 Å². The van der Waals surface area contributed by atoms with E-state index >= 15 is 0 Å². The first-order valence-electron chi connectivity index (χ1n) is 10.2. The second-order valence-corrected chi connectivity index (χ2v) is 8.40. The van der Waals surface area contributed by atoms with Crippen molar-refractivity contribution in [3.63, 3.8) is 0 Å². The zero-order chi connectivity index (χ0) is 20.8. The first kappa shape index (κ1) is 18.9. The summed E-state index contributed by atoms with van der Waals surface area (Å²) in [7, 11) is 0. The largest absolute Gasteiger partial charge is 0.368 e. The predicted molar refractivity (Wildman–Crippen MR) is 123 cm³/mol. The maximum atomic E-state index is 13.2. The lowest BCUT2D eigenvalue weighted by Gasteiger charge is -2.36. The number of benzene rings is 2. The standard InChI is InChI=1S/C24H23ClN4O/c1-15-3-8-19(25)14-21(15)28-9-11-29(12-10-28)24(30)20-13-18-7-6-17-5-4-16(2)26-22(17)23(18)27-20/h3-8,13-14,26H,9-12H2,1-2H3. The van der Waals surface area contributed by atoms with Gasteiger partial charge in [0.2, 0.25) is 0 Å². The molecule has 1 saturated heterocycles. The van der Waals surface area contributed by atoms with Gasteiger partial charge in [0.25, 0.3) is 5.91 Å². The highest BCUT2D eigenvalue weighted by Crippen LogP contribution is 2.27. The molecule has 3 heterocycles. The molecule has 2 aromatic heterocycles. The van der Waals surface area contributed by atoms with E-state index in [1.165, 1.54) is 5.56 Å². The highest BCUT2D eigenvalue weighted by molar-refractivity contribution is 6.30. The van der Waals surface area contributed by atoms with Crippen molar-refractivity contribution in [2.24, 2.45) is 0 Å². The number of hydrogen-bond acceptors (Lipinski definition) is 3. The number of anilines is 1. The van der Waals surface area contributed by atoms with E-state index in [-0.39, 0.29) is 5.91 Å². The molecule has 6 heteroatoms. The molecule has 1 amide bonds. The Morgan fingerprint density at radius 3 is 2.50 bits per heavy atom. The van der Waals surface area contributed by atoms with Crippen LogP contribution in [0.3, 0.4) is 0 Å². The highest BCUT2D eigenvalue weighted by Gasteiger charge is 2.25. The zero-order valence-corrected chi connectivity index (χ0v) is 17.8. The van der Waals surface area contributed by atoms with Crippen LogP contribution >= 0.6 is 11.6 Å². The molecule has 0 atom stereocenters. The third-order valence-electron chi connectivity index (χ3n) is 5.90. The maximum absolute atomic E-state index is 13.2. The molecule has 4 aromatic rings. The summed E-state index contributed by atoms with van der Waals surface area (Å²) in [5.74, 6) is -0.00512. The van der Waals surface area contributed by atoms with Crippen molar-refractivity contribution in [3.8, 4) is 0 Å². The summed E-state index contributed by atoms with van der Waals surface area (Å²) in [6.07, 6.45) is 0. The minimum absolute atomic E-state index is 0.00512. The van der Waals surface area contributed by atoms with Gasteiger partial charge in [-0.05, 0) is 43.7 Å². The van der Waals surface area contributed by atoms with Gasteiger partial charge in [0, 0.05) is 53.4 Å². The van der Waals surface area contributed by atoms with Crippen LogP contribution in [0.5, 0.6) is 0 Å². The van der Waals surface area contributed by atoms with Crippen LogP contribution in [0.4, 0.5) is 5.69 Å². The number of hydrogen-bond donors (Lipinski definition) is 1. The number of aromatic amines is 1. The molecule has 1 aliphatic rings. The van der Waals surface area contributed by atoms with Gasteiger partial charge in [-0.25, -0.2) is 4.98 Å². The summed E-state index contributed by atoms with van der Waals surface area (Å²) in [5.41, 5.74) is 5.75. The Kier molecular flexibility index (Phi) is 4.63. The topological polar surface area (TPSA) is 52.2 Å². The minimum Gasteiger partial charge on any atom is -0.368 e. The number of rotatable bonds is 2. The molecular formula is C24H23ClN4O. The molecule has 152 valence electrons. The number of halogens is 1. The number of pyridine rings is 1. The Morgan fingerprint density at radius 2 is 1.70 bits per heavy atom. The third kappa shape index (κ3) is 3.29. The quantitative estimate of drug-likeness (QED) is 0.501. The van der Waals surface area contributed by atoms with Gasteiger partial charge in [-0.15, -0.1) is 0 Å². The number of piperazine rings is 1. The van der Waals surface area contributed by atoms with Crippen LogP contribution in [-0.4, -0.2) is 47.0 Å².